The van der Waals surface area contributed by atoms with Crippen LogP contribution in [0.1, 0.15) is 27.2 Å². The van der Waals surface area contributed by atoms with Gasteiger partial charge in [-0.2, -0.15) is 0 Å². The van der Waals surface area contributed by atoms with Crippen LogP contribution in [0.15, 0.2) is 44.7 Å². The number of carboxylic acids is 1. The zero-order chi connectivity index (χ0) is 22.2. The number of phenolic OH excluding ortho intramolecular Hbond substituents is 1. The van der Waals surface area contributed by atoms with Crippen molar-refractivity contribution in [3.05, 3.63) is 57.2 Å². The number of guanidine groups is 1. The number of halogens is 1. The van der Waals surface area contributed by atoms with Crippen molar-refractivity contribution in [3.63, 3.8) is 0 Å². The van der Waals surface area contributed by atoms with Crippen LogP contribution < -0.4 is 11.5 Å². The highest BCUT2D eigenvalue weighted by Gasteiger charge is 2.27. The number of nitrogens with zero attached hydrogens (tertiary/aromatic N) is 2. The van der Waals surface area contributed by atoms with E-state index in [-0.39, 0.29) is 35.1 Å². The minimum atomic E-state index is -1.46. The van der Waals surface area contributed by atoms with Crippen LogP contribution in [0.4, 0.5) is 0 Å². The van der Waals surface area contributed by atoms with Gasteiger partial charge < -0.3 is 26.2 Å². The zero-order valence-corrected chi connectivity index (χ0v) is 18.7. The normalized spacial score (nSPS) is 12.1. The second-order valence-electron chi connectivity index (χ2n) is 6.81. The molecule has 3 rings (SSSR count). The van der Waals surface area contributed by atoms with Gasteiger partial charge in [-0.05, 0) is 41.1 Å². The summed E-state index contributed by atoms with van der Waals surface area (Å²) in [5.41, 5.74) is 13.0. The Balaban J connectivity index is 2.23. The molecule has 0 fully saturated rings. The Labute approximate surface area is 183 Å². The van der Waals surface area contributed by atoms with E-state index >= 15 is 0 Å². The number of aromatic nitrogens is 1. The van der Waals surface area contributed by atoms with Gasteiger partial charge in [-0.25, -0.2) is 9.79 Å². The molecule has 1 atom stereocenters. The number of aromatic carboxylic acids is 1. The largest absolute Gasteiger partial charge is 0.506 e. The number of phenols is 1. The van der Waals surface area contributed by atoms with Crippen LogP contribution >= 0.6 is 15.9 Å². The van der Waals surface area contributed by atoms with Gasteiger partial charge in [-0.3, -0.25) is 4.21 Å². The molecule has 3 aromatic rings. The second-order valence-corrected chi connectivity index (χ2v) is 9.12. The number of hydrogen-bond donors (Lipinski definition) is 4. The standard InChI is InChI=1S/C20H21BrN4O4S/c1-10-3-5-11(6-4-10)30(29)9-15-17(19(27)28)16-12(8-24-20(22)23)18(26)13(21)7-14(16)25(15)2/h3-7,26H,8-9H2,1-2H3,(H,27,28)(H4,22,23,24). The number of aliphatic imine (C=N–C) groups is 1. The van der Waals surface area contributed by atoms with Crippen molar-refractivity contribution in [1.29, 1.82) is 0 Å². The van der Waals surface area contributed by atoms with Gasteiger partial charge in [0.25, 0.3) is 0 Å². The van der Waals surface area contributed by atoms with Crippen molar-refractivity contribution in [3.8, 4) is 5.75 Å². The van der Waals surface area contributed by atoms with Gasteiger partial charge >= 0.3 is 5.97 Å². The van der Waals surface area contributed by atoms with Crippen LogP contribution in [0, 0.1) is 6.92 Å². The van der Waals surface area contributed by atoms with Crippen LogP contribution in [0.5, 0.6) is 5.75 Å². The molecule has 1 aromatic heterocycles. The molecule has 0 radical (unpaired) electrons. The molecule has 30 heavy (non-hydrogen) atoms. The molecule has 10 heteroatoms. The number of carbonyl (C=O) groups is 1. The summed E-state index contributed by atoms with van der Waals surface area (Å²) in [5, 5.41) is 20.8. The van der Waals surface area contributed by atoms with E-state index in [0.29, 0.717) is 26.0 Å². The third-order valence-corrected chi connectivity index (χ3v) is 6.76. The zero-order valence-electron chi connectivity index (χ0n) is 16.3. The van der Waals surface area contributed by atoms with Crippen molar-refractivity contribution < 1.29 is 19.2 Å². The molecule has 0 aliphatic heterocycles. The Kier molecular flexibility index (Phi) is 6.18. The van der Waals surface area contributed by atoms with Crippen LogP contribution in [0.25, 0.3) is 10.9 Å². The van der Waals surface area contributed by atoms with Crippen molar-refractivity contribution in [1.82, 2.24) is 4.57 Å². The Bertz CT molecular complexity index is 1200. The van der Waals surface area contributed by atoms with Gasteiger partial charge in [0, 0.05) is 28.6 Å². The third kappa shape index (κ3) is 4.05. The monoisotopic (exact) mass is 492 g/mol. The molecular formula is C20H21BrN4O4S. The van der Waals surface area contributed by atoms with Crippen LogP contribution in [0.2, 0.25) is 0 Å². The first-order valence-corrected chi connectivity index (χ1v) is 11.0. The SMILES string of the molecule is Cc1ccc(S(=O)Cc2c(C(=O)O)c3c(CN=C(N)N)c(O)c(Br)cc3n2C)cc1. The maximum Gasteiger partial charge on any atom is 0.338 e. The van der Waals surface area contributed by atoms with E-state index in [1.165, 1.54) is 0 Å². The molecule has 1 unspecified atom stereocenters. The molecule has 0 aliphatic rings. The van der Waals surface area contributed by atoms with Crippen LogP contribution in [-0.2, 0) is 30.1 Å². The summed E-state index contributed by atoms with van der Waals surface area (Å²) in [4.78, 5) is 16.7. The smallest absolute Gasteiger partial charge is 0.338 e. The average Bonchev–Trinajstić information content (AvgIpc) is 2.94. The number of benzene rings is 2. The van der Waals surface area contributed by atoms with Crippen molar-refractivity contribution in [2.24, 2.45) is 23.5 Å². The number of nitrogens with two attached hydrogens (primary N) is 2. The topological polar surface area (TPSA) is 144 Å². The highest BCUT2D eigenvalue weighted by molar-refractivity contribution is 9.10. The highest BCUT2D eigenvalue weighted by atomic mass is 79.9. The Hall–Kier alpha value is -2.85. The van der Waals surface area contributed by atoms with Crippen molar-refractivity contribution in [2.45, 2.75) is 24.1 Å². The molecule has 1 heterocycles. The van der Waals surface area contributed by atoms with Crippen LogP contribution in [-0.4, -0.2) is 30.9 Å². The number of fused-ring (bicyclic) bond motifs is 1. The molecule has 0 saturated carbocycles. The van der Waals surface area contributed by atoms with E-state index < -0.39 is 16.8 Å². The molecule has 158 valence electrons. The highest BCUT2D eigenvalue weighted by Crippen LogP contribution is 2.39. The maximum atomic E-state index is 13.0. The fourth-order valence-corrected chi connectivity index (χ4v) is 4.95. The van der Waals surface area contributed by atoms with Gasteiger partial charge in [0.1, 0.15) is 5.75 Å². The second kappa shape index (κ2) is 8.49. The molecule has 0 amide bonds. The Morgan fingerprint density at radius 1 is 1.27 bits per heavy atom. The molecule has 6 N–H and O–H groups in total. The van der Waals surface area contributed by atoms with Gasteiger partial charge in [0.2, 0.25) is 0 Å². The number of aromatic hydroxyl groups is 1. The summed E-state index contributed by atoms with van der Waals surface area (Å²) >= 11 is 3.29. The lowest BCUT2D eigenvalue weighted by molar-refractivity contribution is 0.0698. The number of aryl methyl sites for hydroxylation is 2. The quantitative estimate of drug-likeness (QED) is 0.307. The van der Waals surface area contributed by atoms with E-state index in [2.05, 4.69) is 20.9 Å². The molecule has 8 nitrogen and oxygen atoms in total. The number of hydrogen-bond acceptors (Lipinski definition) is 4. The van der Waals surface area contributed by atoms with Gasteiger partial charge in [-0.15, -0.1) is 0 Å². The first-order valence-electron chi connectivity index (χ1n) is 8.87. The fourth-order valence-electron chi connectivity index (χ4n) is 3.30. The molecule has 0 bridgehead atoms. The van der Waals surface area contributed by atoms with E-state index in [0.717, 1.165) is 5.56 Å². The summed E-state index contributed by atoms with van der Waals surface area (Å²) in [6.45, 7) is 1.83. The van der Waals surface area contributed by atoms with Crippen molar-refractivity contribution >= 4 is 49.6 Å². The van der Waals surface area contributed by atoms with Gasteiger partial charge in [-0.1, -0.05) is 17.7 Å². The van der Waals surface area contributed by atoms with E-state index in [1.54, 1.807) is 29.8 Å². The predicted molar refractivity (Wildman–Crippen MR) is 120 cm³/mol. The first-order chi connectivity index (χ1) is 14.1. The Morgan fingerprint density at radius 2 is 1.90 bits per heavy atom. The van der Waals surface area contributed by atoms with Gasteiger partial charge in [0.05, 0.1) is 38.7 Å². The van der Waals surface area contributed by atoms with E-state index in [4.69, 9.17) is 11.5 Å². The Morgan fingerprint density at radius 3 is 2.47 bits per heavy atom. The summed E-state index contributed by atoms with van der Waals surface area (Å²) in [6.07, 6.45) is 0. The molecule has 2 aromatic carbocycles. The fraction of sp³-hybridized carbons (Fsp3) is 0.200. The summed E-state index contributed by atoms with van der Waals surface area (Å²) in [5.74, 6) is -1.53. The number of carboxylic acid groups (broad SMARTS) is 1. The molecule has 0 aliphatic carbocycles. The molecule has 0 saturated heterocycles. The van der Waals surface area contributed by atoms with Gasteiger partial charge in [0.15, 0.2) is 5.96 Å². The summed E-state index contributed by atoms with van der Waals surface area (Å²) in [7, 11) is 0.238. The first kappa shape index (κ1) is 21.8. The molecule has 0 spiro atoms. The van der Waals surface area contributed by atoms with Crippen molar-refractivity contribution in [2.75, 3.05) is 0 Å². The maximum absolute atomic E-state index is 13.0. The lowest BCUT2D eigenvalue weighted by atomic mass is 10.0. The summed E-state index contributed by atoms with van der Waals surface area (Å²) in [6, 6.07) is 8.86. The van der Waals surface area contributed by atoms with Crippen LogP contribution in [0.3, 0.4) is 0 Å². The molecular weight excluding hydrogens is 472 g/mol. The predicted octanol–water partition coefficient (Wildman–Crippen LogP) is 2.73. The average molecular weight is 493 g/mol. The number of rotatable bonds is 6. The lowest BCUT2D eigenvalue weighted by Crippen LogP contribution is -2.22. The summed E-state index contributed by atoms with van der Waals surface area (Å²) < 4.78 is 15.0. The van der Waals surface area contributed by atoms with E-state index in [9.17, 15) is 19.2 Å². The van der Waals surface area contributed by atoms with E-state index in [1.807, 2.05) is 19.1 Å². The lowest BCUT2D eigenvalue weighted by Gasteiger charge is -2.08. The minimum absolute atomic E-state index is 0.00398. The third-order valence-electron chi connectivity index (χ3n) is 4.82. The minimum Gasteiger partial charge on any atom is -0.506 e.